The molecule has 14 heavy (non-hydrogen) atoms. The number of hydrogen-bond acceptors (Lipinski definition) is 2. The lowest BCUT2D eigenvalue weighted by Gasteiger charge is -2.36. The molecule has 2 nitrogen and oxygen atoms in total. The van der Waals surface area contributed by atoms with Gasteiger partial charge in [0.2, 0.25) is 0 Å². The second kappa shape index (κ2) is 5.44. The van der Waals surface area contributed by atoms with Crippen LogP contribution in [0.25, 0.3) is 0 Å². The maximum Gasteiger partial charge on any atom is 0.106 e. The second-order valence-electron chi connectivity index (χ2n) is 4.50. The topological polar surface area (TPSA) is 18.5 Å². The van der Waals surface area contributed by atoms with Crippen LogP contribution in [0.1, 0.15) is 46.0 Å². The van der Waals surface area contributed by atoms with Gasteiger partial charge in [-0.25, -0.2) is 0 Å². The Kier molecular flexibility index (Phi) is 4.82. The number of ether oxygens (including phenoxy) is 1. The molecule has 0 amide bonds. The first kappa shape index (κ1) is 12.4. The minimum absolute atomic E-state index is 0.0912. The summed E-state index contributed by atoms with van der Waals surface area (Å²) < 4.78 is 11.5. The lowest BCUT2D eigenvalue weighted by Crippen LogP contribution is -2.30. The summed E-state index contributed by atoms with van der Waals surface area (Å²) in [5, 5.41) is -0.0912. The van der Waals surface area contributed by atoms with Crippen LogP contribution in [-0.4, -0.2) is 25.2 Å². The SMILES string of the molecule is COP(C)C(C)(C)OC1CCCCC1. The smallest absolute Gasteiger partial charge is 0.106 e. The van der Waals surface area contributed by atoms with E-state index in [2.05, 4.69) is 20.5 Å². The van der Waals surface area contributed by atoms with Gasteiger partial charge < -0.3 is 9.26 Å². The van der Waals surface area contributed by atoms with Gasteiger partial charge >= 0.3 is 0 Å². The highest BCUT2D eigenvalue weighted by Gasteiger charge is 2.30. The summed E-state index contributed by atoms with van der Waals surface area (Å²) in [4.78, 5) is 0. The van der Waals surface area contributed by atoms with Crippen molar-refractivity contribution in [2.24, 2.45) is 0 Å². The van der Waals surface area contributed by atoms with Crippen LogP contribution in [0.4, 0.5) is 0 Å². The van der Waals surface area contributed by atoms with Crippen LogP contribution in [0.3, 0.4) is 0 Å². The Morgan fingerprint density at radius 1 is 1.14 bits per heavy atom. The summed E-state index contributed by atoms with van der Waals surface area (Å²) in [6.07, 6.45) is 6.97. The molecule has 0 aromatic carbocycles. The Hall–Kier alpha value is 0.350. The molecular weight excluding hydrogens is 195 g/mol. The average molecular weight is 218 g/mol. The molecule has 3 heteroatoms. The highest BCUT2D eigenvalue weighted by atomic mass is 31.1. The Labute approximate surface area is 89.2 Å². The molecule has 0 aliphatic heterocycles. The lowest BCUT2D eigenvalue weighted by molar-refractivity contribution is -0.0393. The van der Waals surface area contributed by atoms with E-state index >= 15 is 0 Å². The second-order valence-corrected chi connectivity index (χ2v) is 6.94. The third-order valence-electron chi connectivity index (χ3n) is 3.04. The third kappa shape index (κ3) is 3.49. The monoisotopic (exact) mass is 218 g/mol. The van der Waals surface area contributed by atoms with E-state index in [-0.39, 0.29) is 5.34 Å². The molecule has 1 rings (SSSR count). The molecule has 1 aliphatic rings. The van der Waals surface area contributed by atoms with Crippen LogP contribution in [0.5, 0.6) is 0 Å². The zero-order valence-electron chi connectivity index (χ0n) is 9.88. The molecule has 0 aromatic heterocycles. The Morgan fingerprint density at radius 3 is 2.21 bits per heavy atom. The summed E-state index contributed by atoms with van der Waals surface area (Å²) in [6.45, 7) is 6.44. The molecule has 1 unspecified atom stereocenters. The summed E-state index contributed by atoms with van der Waals surface area (Å²) in [7, 11) is 1.31. The van der Waals surface area contributed by atoms with Crippen LogP contribution >= 0.6 is 8.15 Å². The van der Waals surface area contributed by atoms with Crippen LogP contribution in [0.15, 0.2) is 0 Å². The molecule has 0 aromatic rings. The van der Waals surface area contributed by atoms with Crippen molar-refractivity contribution >= 4 is 8.15 Å². The van der Waals surface area contributed by atoms with Crippen LogP contribution in [0.2, 0.25) is 0 Å². The first-order valence-electron chi connectivity index (χ1n) is 5.52. The van der Waals surface area contributed by atoms with E-state index in [1.54, 1.807) is 7.11 Å². The first-order chi connectivity index (χ1) is 6.56. The van der Waals surface area contributed by atoms with E-state index in [4.69, 9.17) is 9.26 Å². The van der Waals surface area contributed by atoms with Gasteiger partial charge in [0.05, 0.1) is 14.3 Å². The normalized spacial score (nSPS) is 22.3. The van der Waals surface area contributed by atoms with Gasteiger partial charge in [-0.1, -0.05) is 19.3 Å². The zero-order chi connectivity index (χ0) is 10.6. The number of rotatable bonds is 4. The van der Waals surface area contributed by atoms with Gasteiger partial charge in [-0.2, -0.15) is 0 Å². The molecule has 0 spiro atoms. The van der Waals surface area contributed by atoms with E-state index in [0.717, 1.165) is 0 Å². The molecule has 1 atom stereocenters. The Bertz CT molecular complexity index is 165. The molecule has 1 fully saturated rings. The van der Waals surface area contributed by atoms with E-state index < -0.39 is 8.15 Å². The number of hydrogen-bond donors (Lipinski definition) is 0. The van der Waals surface area contributed by atoms with E-state index in [1.807, 2.05) is 0 Å². The summed E-state index contributed by atoms with van der Waals surface area (Å²) in [5.74, 6) is 0. The lowest BCUT2D eigenvalue weighted by atomic mass is 9.98. The van der Waals surface area contributed by atoms with Gasteiger partial charge in [0.15, 0.2) is 0 Å². The Morgan fingerprint density at radius 2 is 1.71 bits per heavy atom. The van der Waals surface area contributed by atoms with Crippen LogP contribution in [-0.2, 0) is 9.26 Å². The zero-order valence-corrected chi connectivity index (χ0v) is 10.8. The van der Waals surface area contributed by atoms with E-state index in [0.29, 0.717) is 6.10 Å². The highest BCUT2D eigenvalue weighted by molar-refractivity contribution is 7.53. The van der Waals surface area contributed by atoms with Crippen molar-refractivity contribution in [3.8, 4) is 0 Å². The minimum Gasteiger partial charge on any atom is -0.365 e. The van der Waals surface area contributed by atoms with Crippen LogP contribution in [0, 0.1) is 0 Å². The van der Waals surface area contributed by atoms with Gasteiger partial charge in [0.25, 0.3) is 0 Å². The summed E-state index contributed by atoms with van der Waals surface area (Å²) in [6, 6.07) is 0. The third-order valence-corrected chi connectivity index (χ3v) is 5.21. The largest absolute Gasteiger partial charge is 0.365 e. The predicted octanol–water partition coefficient (Wildman–Crippen LogP) is 3.74. The van der Waals surface area contributed by atoms with Crippen molar-refractivity contribution in [3.05, 3.63) is 0 Å². The van der Waals surface area contributed by atoms with Crippen molar-refractivity contribution in [2.45, 2.75) is 57.4 Å². The van der Waals surface area contributed by atoms with E-state index in [1.165, 1.54) is 32.1 Å². The van der Waals surface area contributed by atoms with Crippen molar-refractivity contribution in [1.82, 2.24) is 0 Å². The maximum atomic E-state index is 6.14. The van der Waals surface area contributed by atoms with Gasteiger partial charge in [-0.05, 0) is 33.4 Å². The van der Waals surface area contributed by atoms with Crippen molar-refractivity contribution in [1.29, 1.82) is 0 Å². The highest BCUT2D eigenvalue weighted by Crippen LogP contribution is 2.48. The molecule has 84 valence electrons. The van der Waals surface area contributed by atoms with Crippen molar-refractivity contribution < 1.29 is 9.26 Å². The fraction of sp³-hybridized carbons (Fsp3) is 1.00. The van der Waals surface area contributed by atoms with Gasteiger partial charge in [-0.15, -0.1) is 0 Å². The van der Waals surface area contributed by atoms with Crippen molar-refractivity contribution in [2.75, 3.05) is 13.8 Å². The van der Waals surface area contributed by atoms with Gasteiger partial charge in [-0.3, -0.25) is 0 Å². The fourth-order valence-corrected chi connectivity index (χ4v) is 2.62. The summed E-state index contributed by atoms with van der Waals surface area (Å²) >= 11 is 0. The molecule has 1 aliphatic carbocycles. The van der Waals surface area contributed by atoms with Crippen LogP contribution < -0.4 is 0 Å². The predicted molar refractivity (Wildman–Crippen MR) is 61.9 cm³/mol. The quantitative estimate of drug-likeness (QED) is 0.669. The summed E-state index contributed by atoms with van der Waals surface area (Å²) in [5.41, 5.74) is 0. The minimum atomic E-state index is -0.469. The van der Waals surface area contributed by atoms with Crippen molar-refractivity contribution in [3.63, 3.8) is 0 Å². The first-order valence-corrected chi connectivity index (χ1v) is 7.22. The average Bonchev–Trinajstić information content (AvgIpc) is 2.17. The molecule has 0 radical (unpaired) electrons. The molecule has 1 saturated carbocycles. The molecule has 0 N–H and O–H groups in total. The Balaban J connectivity index is 2.40. The maximum absolute atomic E-state index is 6.14. The van der Waals surface area contributed by atoms with E-state index in [9.17, 15) is 0 Å². The molecule has 0 heterocycles. The molecular formula is C11H23O2P. The van der Waals surface area contributed by atoms with Gasteiger partial charge in [0, 0.05) is 7.11 Å². The molecule has 0 bridgehead atoms. The molecule has 0 saturated heterocycles. The standard InChI is InChI=1S/C11H23O2P/c1-11(2,14(4)12-3)13-10-8-6-5-7-9-10/h10H,5-9H2,1-4H3. The fourth-order valence-electron chi connectivity index (χ4n) is 1.88. The van der Waals surface area contributed by atoms with Gasteiger partial charge in [0.1, 0.15) is 5.34 Å².